The van der Waals surface area contributed by atoms with Crippen LogP contribution in [0, 0.1) is 0 Å². The van der Waals surface area contributed by atoms with Gasteiger partial charge < -0.3 is 14.0 Å². The highest BCUT2D eigenvalue weighted by Crippen LogP contribution is 2.37. The number of nitrogens with zero attached hydrogens (tertiary/aromatic N) is 4. The largest absolute Gasteiger partial charge is 0.454 e. The molecule has 0 amide bonds. The van der Waals surface area contributed by atoms with Crippen molar-refractivity contribution in [2.24, 2.45) is 0 Å². The van der Waals surface area contributed by atoms with Crippen LogP contribution >= 0.6 is 23.1 Å². The van der Waals surface area contributed by atoms with Crippen LogP contribution in [0.1, 0.15) is 56.5 Å². The van der Waals surface area contributed by atoms with Gasteiger partial charge in [-0.25, -0.2) is 4.98 Å². The Kier molecular flexibility index (Phi) is 5.46. The van der Waals surface area contributed by atoms with Crippen LogP contribution in [0.4, 0.5) is 0 Å². The molecule has 0 radical (unpaired) electrons. The summed E-state index contributed by atoms with van der Waals surface area (Å²) in [5.74, 6) is 4.13. The van der Waals surface area contributed by atoms with E-state index in [2.05, 4.69) is 27.1 Å². The average Bonchev–Trinajstić information content (AvgIpc) is 3.51. The van der Waals surface area contributed by atoms with Crippen molar-refractivity contribution in [1.82, 2.24) is 19.7 Å². The Balaban J connectivity index is 1.28. The summed E-state index contributed by atoms with van der Waals surface area (Å²) >= 11 is 3.38. The Bertz CT molecular complexity index is 994. The molecular formula is C21H24N4O2S2. The van der Waals surface area contributed by atoms with E-state index in [0.717, 1.165) is 45.2 Å². The minimum atomic E-state index is 0.291. The zero-order valence-electron chi connectivity index (χ0n) is 16.5. The molecule has 0 atom stereocenters. The van der Waals surface area contributed by atoms with Gasteiger partial charge in [0.2, 0.25) is 6.79 Å². The van der Waals surface area contributed by atoms with Gasteiger partial charge in [-0.3, -0.25) is 0 Å². The van der Waals surface area contributed by atoms with Crippen molar-refractivity contribution in [2.45, 2.75) is 62.4 Å². The highest BCUT2D eigenvalue weighted by molar-refractivity contribution is 7.98. The lowest BCUT2D eigenvalue weighted by molar-refractivity contribution is 0.174. The molecule has 1 aromatic carbocycles. The lowest BCUT2D eigenvalue weighted by Gasteiger charge is -2.21. The monoisotopic (exact) mass is 428 g/mol. The van der Waals surface area contributed by atoms with E-state index < -0.39 is 0 Å². The first-order valence-corrected chi connectivity index (χ1v) is 12.1. The smallest absolute Gasteiger partial charge is 0.231 e. The molecule has 2 aliphatic rings. The number of aromatic nitrogens is 4. The van der Waals surface area contributed by atoms with Crippen LogP contribution in [0.25, 0.3) is 10.6 Å². The number of thiazole rings is 1. The van der Waals surface area contributed by atoms with Gasteiger partial charge in [0.25, 0.3) is 0 Å². The zero-order valence-corrected chi connectivity index (χ0v) is 18.1. The van der Waals surface area contributed by atoms with Crippen molar-refractivity contribution in [3.05, 3.63) is 35.1 Å². The van der Waals surface area contributed by atoms with Crippen LogP contribution in [0.5, 0.6) is 11.5 Å². The third kappa shape index (κ3) is 3.88. The van der Waals surface area contributed by atoms with E-state index in [0.29, 0.717) is 12.7 Å². The summed E-state index contributed by atoms with van der Waals surface area (Å²) in [6, 6.07) is 5.99. The van der Waals surface area contributed by atoms with Crippen LogP contribution in [0.2, 0.25) is 0 Å². The maximum Gasteiger partial charge on any atom is 0.231 e. The number of rotatable bonds is 6. The molecular weight excluding hydrogens is 404 g/mol. The van der Waals surface area contributed by atoms with Crippen LogP contribution in [0.3, 0.4) is 0 Å². The van der Waals surface area contributed by atoms with E-state index >= 15 is 0 Å². The molecule has 152 valence electrons. The van der Waals surface area contributed by atoms with Gasteiger partial charge in [0.1, 0.15) is 10.8 Å². The molecule has 1 saturated carbocycles. The SMILES string of the molecule is CCn1c(SCc2csc(-c3ccc4c(c3)OCO4)n2)nnc1C1CCCCC1. The summed E-state index contributed by atoms with van der Waals surface area (Å²) in [6.07, 6.45) is 6.46. The molecule has 8 heteroatoms. The number of fused-ring (bicyclic) bond motifs is 1. The second kappa shape index (κ2) is 8.36. The van der Waals surface area contributed by atoms with E-state index in [1.807, 2.05) is 18.2 Å². The van der Waals surface area contributed by atoms with Crippen LogP contribution in [-0.2, 0) is 12.3 Å². The molecule has 0 spiro atoms. The molecule has 0 unspecified atom stereocenters. The number of benzene rings is 1. The predicted molar refractivity (Wildman–Crippen MR) is 115 cm³/mol. The fourth-order valence-electron chi connectivity index (χ4n) is 4.04. The van der Waals surface area contributed by atoms with Crippen LogP contribution in [0.15, 0.2) is 28.7 Å². The topological polar surface area (TPSA) is 62.1 Å². The van der Waals surface area contributed by atoms with E-state index in [9.17, 15) is 0 Å². The quantitative estimate of drug-likeness (QED) is 0.484. The molecule has 2 aromatic heterocycles. The predicted octanol–water partition coefficient (Wildman–Crippen LogP) is 5.49. The fraction of sp³-hybridized carbons (Fsp3) is 0.476. The summed E-state index contributed by atoms with van der Waals surface area (Å²) in [7, 11) is 0. The Morgan fingerprint density at radius 3 is 2.86 bits per heavy atom. The number of ether oxygens (including phenoxy) is 2. The van der Waals surface area contributed by atoms with Crippen molar-refractivity contribution in [3.8, 4) is 22.1 Å². The molecule has 5 rings (SSSR count). The normalized spacial score (nSPS) is 16.4. The molecule has 6 nitrogen and oxygen atoms in total. The third-order valence-corrected chi connectivity index (χ3v) is 7.49. The van der Waals surface area contributed by atoms with E-state index in [4.69, 9.17) is 14.5 Å². The van der Waals surface area contributed by atoms with E-state index in [1.54, 1.807) is 23.1 Å². The molecule has 0 saturated heterocycles. The van der Waals surface area contributed by atoms with Gasteiger partial charge in [-0.2, -0.15) is 0 Å². The van der Waals surface area contributed by atoms with Crippen molar-refractivity contribution in [1.29, 1.82) is 0 Å². The van der Waals surface area contributed by atoms with Gasteiger partial charge in [-0.15, -0.1) is 21.5 Å². The minimum absolute atomic E-state index is 0.291. The first-order chi connectivity index (χ1) is 14.3. The lowest BCUT2D eigenvalue weighted by atomic mass is 9.89. The molecule has 3 aromatic rings. The Labute approximate surface area is 178 Å². The van der Waals surface area contributed by atoms with Gasteiger partial charge >= 0.3 is 0 Å². The van der Waals surface area contributed by atoms with Crippen molar-refractivity contribution in [3.63, 3.8) is 0 Å². The van der Waals surface area contributed by atoms with Crippen molar-refractivity contribution < 1.29 is 9.47 Å². The van der Waals surface area contributed by atoms with Crippen LogP contribution < -0.4 is 9.47 Å². The molecule has 0 bridgehead atoms. The highest BCUT2D eigenvalue weighted by Gasteiger charge is 2.23. The number of hydrogen-bond donors (Lipinski definition) is 0. The highest BCUT2D eigenvalue weighted by atomic mass is 32.2. The summed E-state index contributed by atoms with van der Waals surface area (Å²) in [5, 5.41) is 13.2. The minimum Gasteiger partial charge on any atom is -0.454 e. The molecule has 3 heterocycles. The van der Waals surface area contributed by atoms with Gasteiger partial charge in [0, 0.05) is 29.2 Å². The number of thioether (sulfide) groups is 1. The Morgan fingerprint density at radius 1 is 1.14 bits per heavy atom. The van der Waals surface area contributed by atoms with Gasteiger partial charge in [0.15, 0.2) is 16.7 Å². The second-order valence-corrected chi connectivity index (χ2v) is 9.22. The molecule has 1 aliphatic heterocycles. The third-order valence-electron chi connectivity index (χ3n) is 5.55. The standard InChI is InChI=1S/C21H24N4O2S2/c1-2-25-19(14-6-4-3-5-7-14)23-24-21(25)29-12-16-11-28-20(22-16)15-8-9-17-18(10-15)27-13-26-17/h8-11,14H,2-7,12-13H2,1H3. The zero-order chi connectivity index (χ0) is 19.6. The average molecular weight is 429 g/mol. The lowest BCUT2D eigenvalue weighted by Crippen LogP contribution is -2.12. The van der Waals surface area contributed by atoms with Gasteiger partial charge in [-0.05, 0) is 38.0 Å². The summed E-state index contributed by atoms with van der Waals surface area (Å²) < 4.78 is 13.2. The maximum atomic E-state index is 5.48. The Morgan fingerprint density at radius 2 is 2.00 bits per heavy atom. The van der Waals surface area contributed by atoms with Gasteiger partial charge in [0.05, 0.1) is 5.69 Å². The van der Waals surface area contributed by atoms with Crippen molar-refractivity contribution in [2.75, 3.05) is 6.79 Å². The molecule has 1 fully saturated rings. The second-order valence-electron chi connectivity index (χ2n) is 7.42. The Hall–Kier alpha value is -2.06. The first kappa shape index (κ1) is 18.9. The van der Waals surface area contributed by atoms with Gasteiger partial charge in [-0.1, -0.05) is 31.0 Å². The summed E-state index contributed by atoms with van der Waals surface area (Å²) in [5.41, 5.74) is 2.13. The first-order valence-electron chi connectivity index (χ1n) is 10.2. The van der Waals surface area contributed by atoms with Crippen LogP contribution in [-0.4, -0.2) is 26.5 Å². The summed E-state index contributed by atoms with van der Waals surface area (Å²) in [4.78, 5) is 4.82. The number of hydrogen-bond acceptors (Lipinski definition) is 7. The molecule has 29 heavy (non-hydrogen) atoms. The molecule has 0 N–H and O–H groups in total. The maximum absolute atomic E-state index is 5.48. The van der Waals surface area contributed by atoms with E-state index in [1.165, 1.54) is 37.9 Å². The fourth-order valence-corrected chi connectivity index (χ4v) is 5.86. The summed E-state index contributed by atoms with van der Waals surface area (Å²) in [6.45, 7) is 3.39. The van der Waals surface area contributed by atoms with E-state index in [-0.39, 0.29) is 0 Å². The molecule has 1 aliphatic carbocycles. The van der Waals surface area contributed by atoms with Crippen molar-refractivity contribution >= 4 is 23.1 Å².